The third kappa shape index (κ3) is 10.7. The molecule has 3 saturated heterocycles. The molecule has 0 aromatic heterocycles. The Labute approximate surface area is 311 Å². The molecule has 3 heterocycles. The fourth-order valence-electron chi connectivity index (χ4n) is 8.77. The van der Waals surface area contributed by atoms with Gasteiger partial charge in [-0.15, -0.1) is 0 Å². The Bertz CT molecular complexity index is 1640. The summed E-state index contributed by atoms with van der Waals surface area (Å²) in [7, 11) is 0. The second-order valence-corrected chi connectivity index (χ2v) is 15.5. The van der Waals surface area contributed by atoms with Crippen molar-refractivity contribution in [3.63, 3.8) is 0 Å². The Balaban J connectivity index is 1.24. The summed E-state index contributed by atoms with van der Waals surface area (Å²) >= 11 is 0. The molecule has 3 aliphatic rings. The predicted octanol–water partition coefficient (Wildman–Crippen LogP) is 4.59. The summed E-state index contributed by atoms with van der Waals surface area (Å²) in [4.78, 5) is 39.0. The molecule has 10 nitrogen and oxygen atoms in total. The molecule has 0 radical (unpaired) electrons. The van der Waals surface area contributed by atoms with E-state index in [9.17, 15) is 29.7 Å². The van der Waals surface area contributed by atoms with Gasteiger partial charge in [0.05, 0.1) is 17.8 Å². The second-order valence-electron chi connectivity index (χ2n) is 15.5. The molecule has 3 aromatic rings. The van der Waals surface area contributed by atoms with Crippen LogP contribution in [0.15, 0.2) is 66.7 Å². The maximum Gasteiger partial charge on any atom is 0.307 e. The minimum Gasteiger partial charge on any atom is -0.481 e. The number of rotatable bonds is 18. The van der Waals surface area contributed by atoms with Crippen LogP contribution in [0, 0.1) is 41.3 Å². The number of carboxylic acids is 3. The van der Waals surface area contributed by atoms with Crippen LogP contribution in [0.25, 0.3) is 0 Å². The average molecular weight is 729 g/mol. The van der Waals surface area contributed by atoms with E-state index in [1.807, 2.05) is 42.5 Å². The van der Waals surface area contributed by atoms with E-state index in [1.54, 1.807) is 0 Å². The van der Waals surface area contributed by atoms with Gasteiger partial charge in [0.2, 0.25) is 0 Å². The summed E-state index contributed by atoms with van der Waals surface area (Å²) < 4.78 is 15.2. The van der Waals surface area contributed by atoms with Crippen LogP contribution in [0.3, 0.4) is 0 Å². The van der Waals surface area contributed by atoms with Crippen molar-refractivity contribution in [2.45, 2.75) is 58.2 Å². The van der Waals surface area contributed by atoms with Crippen LogP contribution in [-0.2, 0) is 53.3 Å². The molecule has 3 aromatic carbocycles. The van der Waals surface area contributed by atoms with Crippen molar-refractivity contribution in [2.24, 2.45) is 35.5 Å². The largest absolute Gasteiger partial charge is 0.481 e. The van der Waals surface area contributed by atoms with Crippen LogP contribution in [0.5, 0.6) is 0 Å². The summed E-state index contributed by atoms with van der Waals surface area (Å²) in [5, 5.41) is 40.0. The number of hydrogen-bond donors (Lipinski definition) is 6. The van der Waals surface area contributed by atoms with Crippen LogP contribution >= 0.6 is 0 Å². The number of carbonyl (C=O) groups is 3. The third-order valence-electron chi connectivity index (χ3n) is 11.5. The number of carboxylic acid groups (broad SMARTS) is 3. The summed E-state index contributed by atoms with van der Waals surface area (Å²) in [6, 6.07) is 20.9. The summed E-state index contributed by atoms with van der Waals surface area (Å²) in [5.41, 5.74) is 5.32. The number of nitrogens with one attached hydrogen (secondary N) is 3. The van der Waals surface area contributed by atoms with Gasteiger partial charge in [-0.2, -0.15) is 0 Å². The van der Waals surface area contributed by atoms with E-state index in [4.69, 9.17) is 0 Å². The highest BCUT2D eigenvalue weighted by molar-refractivity contribution is 5.72. The minimum atomic E-state index is -0.866. The van der Waals surface area contributed by atoms with Gasteiger partial charge in [0.15, 0.2) is 0 Å². The Morgan fingerprint density at radius 1 is 0.566 bits per heavy atom. The quantitative estimate of drug-likeness (QED) is 0.110. The van der Waals surface area contributed by atoms with E-state index in [-0.39, 0.29) is 24.2 Å². The molecular weight excluding hydrogens is 675 g/mol. The maximum absolute atomic E-state index is 15.2. The summed E-state index contributed by atoms with van der Waals surface area (Å²) in [5.74, 6) is -4.24. The van der Waals surface area contributed by atoms with Gasteiger partial charge in [-0.05, 0) is 141 Å². The molecule has 284 valence electrons. The minimum absolute atomic E-state index is 0.00779. The van der Waals surface area contributed by atoms with Crippen LogP contribution in [-0.4, -0.2) is 77.4 Å². The summed E-state index contributed by atoms with van der Waals surface area (Å²) in [6.45, 7) is 5.88. The number of nitrogens with zero attached hydrogens (tertiary/aromatic N) is 1. The molecule has 6 rings (SSSR count). The third-order valence-corrected chi connectivity index (χ3v) is 11.5. The zero-order chi connectivity index (χ0) is 37.3. The molecule has 3 aliphatic heterocycles. The van der Waals surface area contributed by atoms with E-state index in [0.29, 0.717) is 57.7 Å². The van der Waals surface area contributed by atoms with E-state index < -0.39 is 41.5 Å². The van der Waals surface area contributed by atoms with Gasteiger partial charge in [0.25, 0.3) is 0 Å². The molecule has 0 saturated carbocycles. The van der Waals surface area contributed by atoms with Crippen molar-refractivity contribution < 1.29 is 34.1 Å². The second kappa shape index (κ2) is 18.2. The normalized spacial score (nSPS) is 21.8. The first-order valence-electron chi connectivity index (χ1n) is 19.1. The fraction of sp³-hybridized carbons (Fsp3) is 0.500. The van der Waals surface area contributed by atoms with Crippen LogP contribution in [0.1, 0.15) is 52.6 Å². The SMILES string of the molecule is O=C(O)C(Cc1cccc(CN(Cc2cccc(CC(C(=O)O)C3CCNC3)c2)Cc2cc(F)cc(CC(C(=O)O)C3CCNC3)c2)c1)C1CCNC1. The predicted molar refractivity (Wildman–Crippen MR) is 200 cm³/mol. The number of halogens is 1. The Morgan fingerprint density at radius 3 is 1.32 bits per heavy atom. The molecule has 0 amide bonds. The van der Waals surface area contributed by atoms with E-state index in [1.165, 1.54) is 12.1 Å². The van der Waals surface area contributed by atoms with Crippen molar-refractivity contribution in [3.05, 3.63) is 106 Å². The molecule has 11 heteroatoms. The van der Waals surface area contributed by atoms with Crippen molar-refractivity contribution in [3.8, 4) is 0 Å². The van der Waals surface area contributed by atoms with Gasteiger partial charge >= 0.3 is 17.9 Å². The highest BCUT2D eigenvalue weighted by atomic mass is 19.1. The van der Waals surface area contributed by atoms with Crippen molar-refractivity contribution in [1.29, 1.82) is 0 Å². The van der Waals surface area contributed by atoms with Crippen molar-refractivity contribution >= 4 is 17.9 Å². The lowest BCUT2D eigenvalue weighted by atomic mass is 9.85. The molecule has 6 unspecified atom stereocenters. The smallest absolute Gasteiger partial charge is 0.307 e. The Kier molecular flexibility index (Phi) is 13.3. The van der Waals surface area contributed by atoms with Gasteiger partial charge < -0.3 is 31.3 Å². The maximum atomic E-state index is 15.2. The molecule has 53 heavy (non-hydrogen) atoms. The van der Waals surface area contributed by atoms with Crippen molar-refractivity contribution in [2.75, 3.05) is 39.3 Å². The lowest BCUT2D eigenvalue weighted by molar-refractivity contribution is -0.144. The van der Waals surface area contributed by atoms with Gasteiger partial charge in [-0.1, -0.05) is 54.6 Å². The number of aliphatic carboxylic acids is 3. The zero-order valence-electron chi connectivity index (χ0n) is 30.3. The van der Waals surface area contributed by atoms with Gasteiger partial charge in [-0.25, -0.2) is 4.39 Å². The first-order valence-corrected chi connectivity index (χ1v) is 19.1. The van der Waals surface area contributed by atoms with Gasteiger partial charge in [0, 0.05) is 19.6 Å². The average Bonchev–Trinajstić information content (AvgIpc) is 3.93. The Hall–Kier alpha value is -4.16. The van der Waals surface area contributed by atoms with Crippen LogP contribution < -0.4 is 16.0 Å². The molecule has 6 N–H and O–H groups in total. The summed E-state index contributed by atoms with van der Waals surface area (Å²) in [6.07, 6.45) is 3.59. The first-order chi connectivity index (χ1) is 25.6. The van der Waals surface area contributed by atoms with Gasteiger partial charge in [0.1, 0.15) is 5.82 Å². The lowest BCUT2D eigenvalue weighted by Crippen LogP contribution is -2.28. The lowest BCUT2D eigenvalue weighted by Gasteiger charge is -2.25. The van der Waals surface area contributed by atoms with Crippen molar-refractivity contribution in [1.82, 2.24) is 20.9 Å². The molecule has 0 bridgehead atoms. The Morgan fingerprint density at radius 2 is 0.925 bits per heavy atom. The highest BCUT2D eigenvalue weighted by Gasteiger charge is 2.33. The van der Waals surface area contributed by atoms with Crippen LogP contribution in [0.4, 0.5) is 4.39 Å². The van der Waals surface area contributed by atoms with Gasteiger partial charge in [-0.3, -0.25) is 19.3 Å². The van der Waals surface area contributed by atoms with E-state index in [0.717, 1.165) is 66.7 Å². The molecule has 0 spiro atoms. The molecule has 6 atom stereocenters. The van der Waals surface area contributed by atoms with E-state index in [2.05, 4.69) is 33.0 Å². The molecule has 0 aliphatic carbocycles. The topological polar surface area (TPSA) is 151 Å². The monoisotopic (exact) mass is 728 g/mol. The molecule has 3 fully saturated rings. The fourth-order valence-corrected chi connectivity index (χ4v) is 8.77. The first kappa shape index (κ1) is 38.6. The number of hydrogen-bond acceptors (Lipinski definition) is 7. The number of benzene rings is 3. The zero-order valence-corrected chi connectivity index (χ0v) is 30.3. The van der Waals surface area contributed by atoms with E-state index >= 15 is 4.39 Å². The highest BCUT2D eigenvalue weighted by Crippen LogP contribution is 2.28. The molecular formula is C42H53FN4O6. The van der Waals surface area contributed by atoms with Crippen LogP contribution in [0.2, 0.25) is 0 Å². The standard InChI is InChI=1S/C42H53FN4O6/c43-36-16-31(20-39(42(52)53)35-9-12-46-23-35)15-32(17-36)26-47(24-29-5-1-3-27(13-29)18-37(40(48)49)33-7-10-44-21-33)25-30-6-2-4-28(14-30)19-38(41(50)51)34-8-11-45-22-34/h1-6,13-17,33-35,37-39,44-46H,7-12,18-26H2,(H,48,49)(H,50,51)(H,52,53).